The van der Waals surface area contributed by atoms with Crippen molar-refractivity contribution >= 4 is 15.9 Å². The highest BCUT2D eigenvalue weighted by atomic mass is 32.2. The number of likely N-dealkylation sites (tertiary alicyclic amines) is 1. The molecule has 0 aliphatic carbocycles. The van der Waals surface area contributed by atoms with Crippen LogP contribution in [0.2, 0.25) is 0 Å². The molecule has 10 heteroatoms. The fraction of sp³-hybridized carbons (Fsp3) is 0.364. The van der Waals surface area contributed by atoms with Crippen LogP contribution in [-0.2, 0) is 10.0 Å². The number of halogens is 1. The molecule has 4 rings (SSSR count). The Hall–Kier alpha value is -2.98. The number of hydrogen-bond donors (Lipinski definition) is 1. The molecule has 0 atom stereocenters. The van der Waals surface area contributed by atoms with Crippen LogP contribution in [-0.4, -0.2) is 58.5 Å². The van der Waals surface area contributed by atoms with E-state index in [4.69, 9.17) is 0 Å². The van der Waals surface area contributed by atoms with E-state index in [9.17, 15) is 17.6 Å². The van der Waals surface area contributed by atoms with Crippen molar-refractivity contribution in [2.45, 2.75) is 32.2 Å². The summed E-state index contributed by atoms with van der Waals surface area (Å²) in [5.74, 6) is -0.105. The first-order chi connectivity index (χ1) is 15.4. The van der Waals surface area contributed by atoms with Gasteiger partial charge in [0.25, 0.3) is 5.91 Å². The number of sulfonamides is 1. The maximum Gasteiger partial charge on any atom is 0.259 e. The van der Waals surface area contributed by atoms with Crippen LogP contribution in [0.15, 0.2) is 55.0 Å². The minimum Gasteiger partial charge on any atom is -0.338 e. The van der Waals surface area contributed by atoms with Gasteiger partial charge in [0.1, 0.15) is 17.1 Å². The molecule has 1 saturated heterocycles. The minimum absolute atomic E-state index is 0.0988. The normalized spacial score (nSPS) is 15.2. The zero-order valence-electron chi connectivity index (χ0n) is 17.8. The molecule has 1 aromatic carbocycles. The number of hydrogen-bond acceptors (Lipinski definition) is 4. The Labute approximate surface area is 186 Å². The number of piperidine rings is 1. The lowest BCUT2D eigenvalue weighted by molar-refractivity contribution is 0.0711. The van der Waals surface area contributed by atoms with E-state index in [1.54, 1.807) is 40.1 Å². The molecule has 170 valence electrons. The first-order valence-corrected chi connectivity index (χ1v) is 12.3. The molecule has 0 radical (unpaired) electrons. The van der Waals surface area contributed by atoms with Gasteiger partial charge in [0.2, 0.25) is 10.0 Å². The summed E-state index contributed by atoms with van der Waals surface area (Å²) in [6.07, 6.45) is 6.64. The van der Waals surface area contributed by atoms with Crippen molar-refractivity contribution < 1.29 is 17.6 Å². The maximum absolute atomic E-state index is 14.5. The molecule has 0 unspecified atom stereocenters. The summed E-state index contributed by atoms with van der Waals surface area (Å²) in [6.45, 7) is 2.67. The van der Waals surface area contributed by atoms with Gasteiger partial charge in [-0.1, -0.05) is 19.1 Å². The summed E-state index contributed by atoms with van der Waals surface area (Å²) in [7, 11) is -3.29. The molecule has 32 heavy (non-hydrogen) atoms. The second-order valence-corrected chi connectivity index (χ2v) is 9.71. The average Bonchev–Trinajstić information content (AvgIpc) is 3.43. The zero-order valence-corrected chi connectivity index (χ0v) is 18.6. The van der Waals surface area contributed by atoms with Crippen molar-refractivity contribution in [2.24, 2.45) is 0 Å². The van der Waals surface area contributed by atoms with Crippen molar-refractivity contribution in [3.63, 3.8) is 0 Å². The van der Waals surface area contributed by atoms with E-state index in [1.165, 1.54) is 16.9 Å². The molecule has 1 N–H and O–H groups in total. The number of amides is 1. The number of rotatable bonds is 7. The van der Waals surface area contributed by atoms with Crippen molar-refractivity contribution in [1.82, 2.24) is 24.0 Å². The van der Waals surface area contributed by atoms with E-state index in [0.717, 1.165) is 0 Å². The van der Waals surface area contributed by atoms with Crippen LogP contribution < -0.4 is 4.72 Å². The second kappa shape index (κ2) is 9.25. The van der Waals surface area contributed by atoms with Crippen molar-refractivity contribution in [1.29, 1.82) is 0 Å². The zero-order chi connectivity index (χ0) is 22.7. The molecule has 2 aromatic heterocycles. The standard InChI is InChI=1S/C22H26FN5O3S/c1-2-15-32(30,31)25-17-9-13-27(14-10-17)22(29)18-16-24-28(20-8-4-3-7-19(20)23)21(18)26-11-5-6-12-26/h3-8,11-12,16-17,25H,2,9-10,13-15H2,1H3. The predicted octanol–water partition coefficient (Wildman–Crippen LogP) is 2.74. The highest BCUT2D eigenvalue weighted by molar-refractivity contribution is 7.89. The molecule has 1 aliphatic heterocycles. The van der Waals surface area contributed by atoms with Crippen LogP contribution in [0.1, 0.15) is 36.5 Å². The Morgan fingerprint density at radius 3 is 2.50 bits per heavy atom. The van der Waals surface area contributed by atoms with Gasteiger partial charge in [-0.25, -0.2) is 22.2 Å². The third-order valence-electron chi connectivity index (χ3n) is 5.51. The third kappa shape index (κ3) is 4.61. The topological polar surface area (TPSA) is 89.2 Å². The second-order valence-electron chi connectivity index (χ2n) is 7.84. The minimum atomic E-state index is -3.29. The van der Waals surface area contributed by atoms with Gasteiger partial charge in [0.15, 0.2) is 5.82 Å². The van der Waals surface area contributed by atoms with Gasteiger partial charge in [-0.15, -0.1) is 0 Å². The molecule has 1 amide bonds. The summed E-state index contributed by atoms with van der Waals surface area (Å²) in [6, 6.07) is 9.73. The smallest absolute Gasteiger partial charge is 0.259 e. The number of aromatic nitrogens is 3. The summed E-state index contributed by atoms with van der Waals surface area (Å²) in [5.41, 5.74) is 0.605. The molecule has 3 heterocycles. The summed E-state index contributed by atoms with van der Waals surface area (Å²) < 4.78 is 44.4. The predicted molar refractivity (Wildman–Crippen MR) is 119 cm³/mol. The van der Waals surface area contributed by atoms with E-state index < -0.39 is 15.8 Å². The summed E-state index contributed by atoms with van der Waals surface area (Å²) >= 11 is 0. The Kier molecular flexibility index (Phi) is 6.43. The van der Waals surface area contributed by atoms with Gasteiger partial charge in [-0.3, -0.25) is 4.79 Å². The fourth-order valence-corrected chi connectivity index (χ4v) is 5.37. The average molecular weight is 460 g/mol. The highest BCUT2D eigenvalue weighted by Gasteiger charge is 2.29. The molecule has 3 aromatic rings. The van der Waals surface area contributed by atoms with Crippen LogP contribution in [0.25, 0.3) is 11.5 Å². The Balaban J connectivity index is 1.57. The number of carbonyl (C=O) groups excluding carboxylic acids is 1. The summed E-state index contributed by atoms with van der Waals surface area (Å²) in [4.78, 5) is 15.1. The van der Waals surface area contributed by atoms with Gasteiger partial charge in [0.05, 0.1) is 11.9 Å². The molecular weight excluding hydrogens is 433 g/mol. The SMILES string of the molecule is CCCS(=O)(=O)NC1CCN(C(=O)c2cnn(-c3ccccc3F)c2-n2cccc2)CC1. The number of nitrogens with one attached hydrogen (secondary N) is 1. The number of carbonyl (C=O) groups is 1. The van der Waals surface area contributed by atoms with Crippen molar-refractivity contribution in [3.8, 4) is 11.5 Å². The Bertz CT molecular complexity index is 1180. The van der Waals surface area contributed by atoms with Gasteiger partial charge >= 0.3 is 0 Å². The molecule has 0 spiro atoms. The van der Waals surface area contributed by atoms with Gasteiger partial charge in [0, 0.05) is 31.5 Å². The van der Waals surface area contributed by atoms with Crippen LogP contribution >= 0.6 is 0 Å². The van der Waals surface area contributed by atoms with Crippen LogP contribution in [0.3, 0.4) is 0 Å². The monoisotopic (exact) mass is 459 g/mol. The van der Waals surface area contributed by atoms with Crippen molar-refractivity contribution in [3.05, 3.63) is 66.4 Å². The van der Waals surface area contributed by atoms with Crippen LogP contribution in [0, 0.1) is 5.82 Å². The quantitative estimate of drug-likeness (QED) is 0.588. The Morgan fingerprint density at radius 2 is 1.84 bits per heavy atom. The largest absolute Gasteiger partial charge is 0.338 e. The van der Waals surface area contributed by atoms with E-state index in [0.29, 0.717) is 43.7 Å². The van der Waals surface area contributed by atoms with Crippen LogP contribution in [0.4, 0.5) is 4.39 Å². The molecule has 8 nitrogen and oxygen atoms in total. The van der Waals surface area contributed by atoms with Gasteiger partial charge in [-0.05, 0) is 43.5 Å². The molecule has 1 fully saturated rings. The van der Waals surface area contributed by atoms with E-state index in [1.807, 2.05) is 19.1 Å². The maximum atomic E-state index is 14.5. The molecular formula is C22H26FN5O3S. The Morgan fingerprint density at radius 1 is 1.16 bits per heavy atom. The first-order valence-electron chi connectivity index (χ1n) is 10.6. The highest BCUT2D eigenvalue weighted by Crippen LogP contribution is 2.24. The lowest BCUT2D eigenvalue weighted by atomic mass is 10.1. The number of para-hydroxylation sites is 1. The summed E-state index contributed by atoms with van der Waals surface area (Å²) in [5, 5.41) is 4.32. The lowest BCUT2D eigenvalue weighted by Gasteiger charge is -2.32. The third-order valence-corrected chi connectivity index (χ3v) is 7.14. The van der Waals surface area contributed by atoms with E-state index in [-0.39, 0.29) is 23.4 Å². The molecule has 1 aliphatic rings. The first kappa shape index (κ1) is 22.2. The lowest BCUT2D eigenvalue weighted by Crippen LogP contribution is -2.47. The molecule has 0 bridgehead atoms. The van der Waals surface area contributed by atoms with Gasteiger partial charge < -0.3 is 9.47 Å². The molecule has 0 saturated carbocycles. The fourth-order valence-electron chi connectivity index (χ4n) is 3.97. The van der Waals surface area contributed by atoms with Crippen molar-refractivity contribution in [2.75, 3.05) is 18.8 Å². The number of nitrogens with zero attached hydrogens (tertiary/aromatic N) is 4. The number of benzene rings is 1. The van der Waals surface area contributed by atoms with E-state index in [2.05, 4.69) is 9.82 Å². The van der Waals surface area contributed by atoms with E-state index >= 15 is 0 Å². The van der Waals surface area contributed by atoms with Crippen LogP contribution in [0.5, 0.6) is 0 Å². The van der Waals surface area contributed by atoms with Gasteiger partial charge in [-0.2, -0.15) is 5.10 Å².